The minimum Gasteiger partial charge on any atom is -0.434 e. The molecule has 29 heavy (non-hydrogen) atoms. The number of hydrogen-bond donors (Lipinski definition) is 3. The number of ether oxygens (including phenoxy) is 1. The van der Waals surface area contributed by atoms with Crippen LogP contribution in [0.15, 0.2) is 47.5 Å². The van der Waals surface area contributed by atoms with Crippen molar-refractivity contribution in [2.75, 3.05) is 18.0 Å². The molecule has 7 nitrogen and oxygen atoms in total. The molecule has 0 radical (unpaired) electrons. The molecule has 2 aromatic rings. The molecule has 2 rings (SSSR count). The Morgan fingerprint density at radius 2 is 1.76 bits per heavy atom. The number of para-hydroxylation sites is 1. The number of rotatable bonds is 8. The van der Waals surface area contributed by atoms with Gasteiger partial charge in [0.15, 0.2) is 5.96 Å². The minimum absolute atomic E-state index is 0.0938. The van der Waals surface area contributed by atoms with Crippen molar-refractivity contribution in [3.8, 4) is 5.75 Å². The van der Waals surface area contributed by atoms with Crippen LogP contribution in [-0.4, -0.2) is 34.3 Å². The lowest BCUT2D eigenvalue weighted by molar-refractivity contribution is -0.0504. The monoisotopic (exact) mass is 426 g/mol. The van der Waals surface area contributed by atoms with Gasteiger partial charge in [0.05, 0.1) is 11.9 Å². The number of anilines is 1. The molecule has 0 aromatic heterocycles. The second-order valence-electron chi connectivity index (χ2n) is 6.30. The molecule has 0 saturated carbocycles. The topological polar surface area (TPSA) is 91.8 Å². The second-order valence-corrected chi connectivity index (χ2v) is 8.05. The molecular weight excluding hydrogens is 402 g/mol. The van der Waals surface area contributed by atoms with E-state index in [2.05, 4.69) is 25.1 Å². The van der Waals surface area contributed by atoms with Crippen molar-refractivity contribution < 1.29 is 21.9 Å². The van der Waals surface area contributed by atoms with Gasteiger partial charge in [0, 0.05) is 25.7 Å². The summed E-state index contributed by atoms with van der Waals surface area (Å²) in [6.07, 6.45) is 1.08. The lowest BCUT2D eigenvalue weighted by Gasteiger charge is -2.16. The summed E-state index contributed by atoms with van der Waals surface area (Å²) in [6.45, 7) is -0.541. The zero-order valence-corrected chi connectivity index (χ0v) is 17.2. The summed E-state index contributed by atoms with van der Waals surface area (Å²) in [5.74, 6) is 0.514. The number of sulfonamides is 1. The maximum absolute atomic E-state index is 12.6. The quantitative estimate of drug-likeness (QED) is 0.446. The van der Waals surface area contributed by atoms with E-state index in [0.29, 0.717) is 23.8 Å². The van der Waals surface area contributed by atoms with E-state index in [1.807, 2.05) is 6.92 Å². The molecule has 0 spiro atoms. The molecule has 3 N–H and O–H groups in total. The summed E-state index contributed by atoms with van der Waals surface area (Å²) in [5.41, 5.74) is 2.65. The van der Waals surface area contributed by atoms with E-state index in [9.17, 15) is 17.2 Å². The van der Waals surface area contributed by atoms with Crippen LogP contribution < -0.4 is 20.1 Å². The number of alkyl halides is 2. The Balaban J connectivity index is 2.04. The van der Waals surface area contributed by atoms with Gasteiger partial charge in [-0.2, -0.15) is 8.78 Å². The highest BCUT2D eigenvalue weighted by Crippen LogP contribution is 2.22. The van der Waals surface area contributed by atoms with Crippen molar-refractivity contribution in [1.29, 1.82) is 0 Å². The van der Waals surface area contributed by atoms with Gasteiger partial charge in [0.2, 0.25) is 10.0 Å². The number of nitrogens with one attached hydrogen (secondary N) is 3. The van der Waals surface area contributed by atoms with Gasteiger partial charge in [-0.15, -0.1) is 0 Å². The summed E-state index contributed by atoms with van der Waals surface area (Å²) in [7, 11) is -1.84. The molecule has 0 fully saturated rings. The van der Waals surface area contributed by atoms with E-state index < -0.39 is 16.6 Å². The SMILES string of the molecule is CN=C(NCc1ccccc1NS(C)(=O)=O)NCc1cc(C)ccc1OC(F)F. The standard InChI is InChI=1S/C19H24F2N4O3S/c1-13-8-9-17(28-18(20)21)15(10-13)12-24-19(22-2)23-11-14-6-4-5-7-16(14)25-29(3,26)27/h4-10,18,25H,11-12H2,1-3H3,(H2,22,23,24). The third-order valence-corrected chi connectivity index (χ3v) is 4.45. The first kappa shape index (κ1) is 22.4. The highest BCUT2D eigenvalue weighted by Gasteiger charge is 2.11. The number of halogens is 2. The zero-order chi connectivity index (χ0) is 21.4. The van der Waals surface area contributed by atoms with Crippen LogP contribution in [0.25, 0.3) is 0 Å². The predicted molar refractivity (Wildman–Crippen MR) is 110 cm³/mol. The molecule has 0 heterocycles. The van der Waals surface area contributed by atoms with Gasteiger partial charge in [-0.25, -0.2) is 8.42 Å². The number of nitrogens with zero attached hydrogens (tertiary/aromatic N) is 1. The van der Waals surface area contributed by atoms with E-state index in [0.717, 1.165) is 17.4 Å². The molecule has 0 aliphatic rings. The van der Waals surface area contributed by atoms with E-state index in [-0.39, 0.29) is 12.3 Å². The molecule has 2 aromatic carbocycles. The Bertz CT molecular complexity index is 966. The van der Waals surface area contributed by atoms with Crippen LogP contribution in [0.5, 0.6) is 5.75 Å². The first-order chi connectivity index (χ1) is 13.7. The molecular formula is C19H24F2N4O3S. The maximum Gasteiger partial charge on any atom is 0.387 e. The summed E-state index contributed by atoms with van der Waals surface area (Å²) in [4.78, 5) is 4.10. The smallest absolute Gasteiger partial charge is 0.387 e. The largest absolute Gasteiger partial charge is 0.434 e. The third-order valence-electron chi connectivity index (χ3n) is 3.86. The Labute approximate surface area is 169 Å². The number of aliphatic imine (C=N–C) groups is 1. The predicted octanol–water partition coefficient (Wildman–Crippen LogP) is 2.83. The summed E-state index contributed by atoms with van der Waals surface area (Å²) >= 11 is 0. The van der Waals surface area contributed by atoms with Crippen LogP contribution in [0.1, 0.15) is 16.7 Å². The van der Waals surface area contributed by atoms with Crippen LogP contribution >= 0.6 is 0 Å². The van der Waals surface area contributed by atoms with Gasteiger partial charge in [0.25, 0.3) is 0 Å². The Kier molecular flexibility index (Phi) is 7.77. The Hall–Kier alpha value is -2.88. The van der Waals surface area contributed by atoms with Crippen molar-refractivity contribution in [1.82, 2.24) is 10.6 Å². The molecule has 0 unspecified atom stereocenters. The van der Waals surface area contributed by atoms with E-state index in [4.69, 9.17) is 0 Å². The van der Waals surface area contributed by atoms with Gasteiger partial charge in [0.1, 0.15) is 5.75 Å². The fraction of sp³-hybridized carbons (Fsp3) is 0.316. The molecule has 10 heteroatoms. The van der Waals surface area contributed by atoms with Crippen molar-refractivity contribution in [2.45, 2.75) is 26.6 Å². The van der Waals surface area contributed by atoms with Crippen molar-refractivity contribution >= 4 is 21.7 Å². The Morgan fingerprint density at radius 1 is 1.10 bits per heavy atom. The van der Waals surface area contributed by atoms with Gasteiger partial charge in [-0.1, -0.05) is 35.9 Å². The zero-order valence-electron chi connectivity index (χ0n) is 16.4. The highest BCUT2D eigenvalue weighted by molar-refractivity contribution is 7.92. The molecule has 0 bridgehead atoms. The van der Waals surface area contributed by atoms with Crippen LogP contribution in [0.4, 0.5) is 14.5 Å². The van der Waals surface area contributed by atoms with Crippen molar-refractivity contribution in [2.24, 2.45) is 4.99 Å². The first-order valence-electron chi connectivity index (χ1n) is 8.72. The van der Waals surface area contributed by atoms with Crippen molar-refractivity contribution in [3.05, 3.63) is 59.2 Å². The summed E-state index contributed by atoms with van der Waals surface area (Å²) in [6, 6.07) is 11.9. The lowest BCUT2D eigenvalue weighted by atomic mass is 10.1. The average Bonchev–Trinajstić information content (AvgIpc) is 2.63. The van der Waals surface area contributed by atoms with Crippen LogP contribution in [0, 0.1) is 6.92 Å². The second kappa shape index (κ2) is 10.1. The molecule has 0 aliphatic heterocycles. The molecule has 0 atom stereocenters. The minimum atomic E-state index is -3.41. The average molecular weight is 426 g/mol. The van der Waals surface area contributed by atoms with Gasteiger partial charge in [-0.05, 0) is 24.6 Å². The number of guanidine groups is 1. The van der Waals surface area contributed by atoms with Gasteiger partial charge < -0.3 is 15.4 Å². The normalized spacial score (nSPS) is 12.0. The summed E-state index contributed by atoms with van der Waals surface area (Å²) < 4.78 is 55.2. The van der Waals surface area contributed by atoms with Crippen LogP contribution in [0.2, 0.25) is 0 Å². The fourth-order valence-corrected chi connectivity index (χ4v) is 3.21. The summed E-state index contributed by atoms with van der Waals surface area (Å²) in [5, 5.41) is 6.11. The fourth-order valence-electron chi connectivity index (χ4n) is 2.61. The Morgan fingerprint density at radius 3 is 2.38 bits per heavy atom. The molecule has 0 aliphatic carbocycles. The molecule has 0 saturated heterocycles. The van der Waals surface area contributed by atoms with Gasteiger partial charge >= 0.3 is 6.61 Å². The maximum atomic E-state index is 12.6. The number of hydrogen-bond acceptors (Lipinski definition) is 4. The van der Waals surface area contributed by atoms with Gasteiger partial charge in [-0.3, -0.25) is 9.71 Å². The number of benzene rings is 2. The van der Waals surface area contributed by atoms with Crippen molar-refractivity contribution in [3.63, 3.8) is 0 Å². The number of aryl methyl sites for hydroxylation is 1. The lowest BCUT2D eigenvalue weighted by Crippen LogP contribution is -2.36. The third kappa shape index (κ3) is 7.57. The van der Waals surface area contributed by atoms with E-state index >= 15 is 0 Å². The highest BCUT2D eigenvalue weighted by atomic mass is 32.2. The molecule has 158 valence electrons. The van der Waals surface area contributed by atoms with E-state index in [1.54, 1.807) is 43.4 Å². The molecule has 0 amide bonds. The van der Waals surface area contributed by atoms with Crippen LogP contribution in [0.3, 0.4) is 0 Å². The first-order valence-corrected chi connectivity index (χ1v) is 10.6. The van der Waals surface area contributed by atoms with E-state index in [1.165, 1.54) is 6.07 Å². The van der Waals surface area contributed by atoms with Crippen LogP contribution in [-0.2, 0) is 23.1 Å².